The first-order chi connectivity index (χ1) is 9.24. The third kappa shape index (κ3) is 2.71. The van der Waals surface area contributed by atoms with E-state index in [0.717, 1.165) is 25.1 Å². The van der Waals surface area contributed by atoms with Crippen LogP contribution in [0.15, 0.2) is 18.2 Å². The number of anilines is 1. The Morgan fingerprint density at radius 1 is 1.26 bits per heavy atom. The second-order valence-electron chi connectivity index (χ2n) is 5.54. The predicted molar refractivity (Wildman–Crippen MR) is 72.4 cm³/mol. The second kappa shape index (κ2) is 5.18. The van der Waals surface area contributed by atoms with Gasteiger partial charge in [0.1, 0.15) is 5.82 Å². The van der Waals surface area contributed by atoms with Gasteiger partial charge in [-0.3, -0.25) is 0 Å². The van der Waals surface area contributed by atoms with E-state index in [0.29, 0.717) is 17.6 Å². The molecule has 2 atom stereocenters. The van der Waals surface area contributed by atoms with Crippen LogP contribution in [0, 0.1) is 17.1 Å². The normalized spacial score (nSPS) is 26.7. The number of benzene rings is 1. The molecule has 0 spiro atoms. The van der Waals surface area contributed by atoms with Gasteiger partial charge in [-0.05, 0) is 50.4 Å². The van der Waals surface area contributed by atoms with Gasteiger partial charge in [0.25, 0.3) is 0 Å². The molecule has 0 aliphatic carbocycles. The highest BCUT2D eigenvalue weighted by Crippen LogP contribution is 2.28. The summed E-state index contributed by atoms with van der Waals surface area (Å²) in [6.07, 6.45) is 4.80. The maximum absolute atomic E-state index is 13.4. The van der Waals surface area contributed by atoms with Crippen LogP contribution in [0.2, 0.25) is 0 Å². The van der Waals surface area contributed by atoms with Crippen LogP contribution >= 0.6 is 0 Å². The van der Waals surface area contributed by atoms with Gasteiger partial charge in [0.2, 0.25) is 0 Å². The van der Waals surface area contributed by atoms with Crippen LogP contribution in [0.4, 0.5) is 10.1 Å². The number of nitrogens with one attached hydrogen (secondary N) is 1. The molecule has 100 valence electrons. The average molecular weight is 259 g/mol. The lowest BCUT2D eigenvalue weighted by molar-refractivity contribution is 0.188. The summed E-state index contributed by atoms with van der Waals surface area (Å²) >= 11 is 0. The zero-order valence-corrected chi connectivity index (χ0v) is 10.9. The molecule has 4 heteroatoms. The fourth-order valence-corrected chi connectivity index (χ4v) is 3.33. The van der Waals surface area contributed by atoms with Gasteiger partial charge in [0.05, 0.1) is 11.6 Å². The molecule has 3 nitrogen and oxygen atoms in total. The topological polar surface area (TPSA) is 39.1 Å². The number of rotatable bonds is 2. The molecule has 3 rings (SSSR count). The first kappa shape index (κ1) is 12.4. The largest absolute Gasteiger partial charge is 0.382 e. The summed E-state index contributed by atoms with van der Waals surface area (Å²) in [4.78, 5) is 2.56. The summed E-state index contributed by atoms with van der Waals surface area (Å²) < 4.78 is 13.4. The van der Waals surface area contributed by atoms with E-state index < -0.39 is 0 Å². The summed E-state index contributed by atoms with van der Waals surface area (Å²) in [6, 6.07) is 7.55. The molecule has 1 aromatic rings. The molecular weight excluding hydrogens is 241 g/mol. The lowest BCUT2D eigenvalue weighted by Crippen LogP contribution is -2.42. The molecule has 2 aliphatic heterocycles. The van der Waals surface area contributed by atoms with Gasteiger partial charge in [0, 0.05) is 24.3 Å². The number of halogens is 1. The average Bonchev–Trinajstić information content (AvgIpc) is 2.85. The number of piperidine rings is 1. The van der Waals surface area contributed by atoms with Crippen LogP contribution in [0.5, 0.6) is 0 Å². The molecule has 0 saturated carbocycles. The minimum absolute atomic E-state index is 0.347. The summed E-state index contributed by atoms with van der Waals surface area (Å²) in [5.41, 5.74) is 1.11. The van der Waals surface area contributed by atoms with Crippen LogP contribution in [-0.2, 0) is 0 Å². The van der Waals surface area contributed by atoms with Crippen molar-refractivity contribution < 1.29 is 4.39 Å². The van der Waals surface area contributed by atoms with Gasteiger partial charge < -0.3 is 10.2 Å². The molecule has 2 unspecified atom stereocenters. The molecule has 1 aromatic carbocycles. The number of hydrogen-bond donors (Lipinski definition) is 1. The minimum atomic E-state index is -0.347. The molecule has 19 heavy (non-hydrogen) atoms. The Morgan fingerprint density at radius 3 is 3.00 bits per heavy atom. The summed E-state index contributed by atoms with van der Waals surface area (Å²) in [5, 5.41) is 12.3. The minimum Gasteiger partial charge on any atom is -0.382 e. The Balaban J connectivity index is 1.68. The SMILES string of the molecule is N#Cc1cc(F)cc(NC2CCN3CCCC3C2)c1. The van der Waals surface area contributed by atoms with E-state index in [1.807, 2.05) is 6.07 Å². The van der Waals surface area contributed by atoms with Crippen molar-refractivity contribution in [2.45, 2.75) is 37.8 Å². The van der Waals surface area contributed by atoms with Crippen molar-refractivity contribution in [2.24, 2.45) is 0 Å². The molecule has 0 aromatic heterocycles. The zero-order chi connectivity index (χ0) is 13.2. The van der Waals surface area contributed by atoms with Gasteiger partial charge in [-0.15, -0.1) is 0 Å². The van der Waals surface area contributed by atoms with Crippen molar-refractivity contribution in [3.63, 3.8) is 0 Å². The first-order valence-electron chi connectivity index (χ1n) is 6.96. The summed E-state index contributed by atoms with van der Waals surface area (Å²) in [7, 11) is 0. The molecular formula is C15H18FN3. The molecule has 2 fully saturated rings. The van der Waals surface area contributed by atoms with E-state index in [9.17, 15) is 4.39 Å². The van der Waals surface area contributed by atoms with E-state index in [2.05, 4.69) is 10.2 Å². The van der Waals surface area contributed by atoms with Crippen molar-refractivity contribution in [3.05, 3.63) is 29.6 Å². The Bertz CT molecular complexity index is 509. The maximum Gasteiger partial charge on any atom is 0.126 e. The second-order valence-corrected chi connectivity index (χ2v) is 5.54. The van der Waals surface area contributed by atoms with Crippen molar-refractivity contribution in [2.75, 3.05) is 18.4 Å². The molecule has 0 amide bonds. The van der Waals surface area contributed by atoms with Gasteiger partial charge >= 0.3 is 0 Å². The van der Waals surface area contributed by atoms with Crippen LogP contribution in [0.25, 0.3) is 0 Å². The molecule has 2 heterocycles. The monoisotopic (exact) mass is 259 g/mol. The Morgan fingerprint density at radius 2 is 2.16 bits per heavy atom. The van der Waals surface area contributed by atoms with E-state index in [-0.39, 0.29) is 5.82 Å². The van der Waals surface area contributed by atoms with Crippen LogP contribution in [-0.4, -0.2) is 30.1 Å². The van der Waals surface area contributed by atoms with Crippen LogP contribution in [0.1, 0.15) is 31.2 Å². The molecule has 0 bridgehead atoms. The third-order valence-electron chi connectivity index (χ3n) is 4.22. The van der Waals surface area contributed by atoms with Gasteiger partial charge in [-0.1, -0.05) is 0 Å². The third-order valence-corrected chi connectivity index (χ3v) is 4.22. The Kier molecular flexibility index (Phi) is 3.39. The zero-order valence-electron chi connectivity index (χ0n) is 10.9. The van der Waals surface area contributed by atoms with Crippen molar-refractivity contribution in [3.8, 4) is 6.07 Å². The predicted octanol–water partition coefficient (Wildman–Crippen LogP) is 2.74. The summed E-state index contributed by atoms with van der Waals surface area (Å²) in [5.74, 6) is -0.347. The van der Waals surface area contributed by atoms with Crippen LogP contribution < -0.4 is 5.32 Å². The number of nitrogens with zero attached hydrogens (tertiary/aromatic N) is 2. The van der Waals surface area contributed by atoms with Gasteiger partial charge in [-0.25, -0.2) is 4.39 Å². The highest BCUT2D eigenvalue weighted by Gasteiger charge is 2.31. The Labute approximate surface area is 113 Å². The van der Waals surface area contributed by atoms with Crippen molar-refractivity contribution >= 4 is 5.69 Å². The number of nitriles is 1. The summed E-state index contributed by atoms with van der Waals surface area (Å²) in [6.45, 7) is 2.36. The molecule has 2 saturated heterocycles. The first-order valence-corrected chi connectivity index (χ1v) is 6.96. The fraction of sp³-hybridized carbons (Fsp3) is 0.533. The van der Waals surface area contributed by atoms with E-state index >= 15 is 0 Å². The van der Waals surface area contributed by atoms with E-state index in [4.69, 9.17) is 5.26 Å². The number of fused-ring (bicyclic) bond motifs is 1. The maximum atomic E-state index is 13.4. The standard InChI is InChI=1S/C15H18FN3/c16-12-6-11(10-17)7-14(8-12)18-13-3-5-19-4-1-2-15(19)9-13/h6-8,13,15,18H,1-5,9H2. The highest BCUT2D eigenvalue weighted by atomic mass is 19.1. The van der Waals surface area contributed by atoms with Crippen LogP contribution in [0.3, 0.4) is 0 Å². The van der Waals surface area contributed by atoms with Gasteiger partial charge in [-0.2, -0.15) is 5.26 Å². The quantitative estimate of drug-likeness (QED) is 0.887. The number of hydrogen-bond acceptors (Lipinski definition) is 3. The van der Waals surface area contributed by atoms with Gasteiger partial charge in [0.15, 0.2) is 0 Å². The lowest BCUT2D eigenvalue weighted by atomic mass is 9.97. The lowest BCUT2D eigenvalue weighted by Gasteiger charge is -2.35. The van der Waals surface area contributed by atoms with Crippen molar-refractivity contribution in [1.29, 1.82) is 5.26 Å². The Hall–Kier alpha value is -1.60. The molecule has 2 aliphatic rings. The molecule has 0 radical (unpaired) electrons. The molecule has 1 N–H and O–H groups in total. The van der Waals surface area contributed by atoms with Crippen molar-refractivity contribution in [1.82, 2.24) is 4.90 Å². The van der Waals surface area contributed by atoms with E-state index in [1.165, 1.54) is 31.5 Å². The smallest absolute Gasteiger partial charge is 0.126 e. The van der Waals surface area contributed by atoms with E-state index in [1.54, 1.807) is 6.07 Å². The highest BCUT2D eigenvalue weighted by molar-refractivity contribution is 5.50. The fourth-order valence-electron chi connectivity index (χ4n) is 3.33.